The maximum atomic E-state index is 14.4. The van der Waals surface area contributed by atoms with Crippen LogP contribution in [0.4, 0.5) is 4.79 Å². The Kier molecular flexibility index (Phi) is 14.5. The number of hydrogen-bond acceptors (Lipinski definition) is 8. The summed E-state index contributed by atoms with van der Waals surface area (Å²) in [6.45, 7) is 0.301. The topological polar surface area (TPSA) is 133 Å². The SMILES string of the molecule is COc1ccccc1CCP(=O)(O)C(CCCO)(NC(=O)OCc1ccc(OCc2ccccc2)cc1)OCc1ccc(OCc2ccccc2)cc1. The number of alkyl carbamates (subject to hydrolysis) is 1. The Morgan fingerprint density at radius 1 is 0.679 bits per heavy atom. The number of aliphatic hydroxyl groups is 1. The minimum Gasteiger partial charge on any atom is -0.496 e. The van der Waals surface area contributed by atoms with Crippen LogP contribution in [0.2, 0.25) is 0 Å². The minimum atomic E-state index is -4.38. The number of methoxy groups -OCH3 is 1. The van der Waals surface area contributed by atoms with Crippen LogP contribution < -0.4 is 19.5 Å². The number of aliphatic hydroxyl groups excluding tert-OH is 1. The maximum Gasteiger partial charge on any atom is 0.410 e. The van der Waals surface area contributed by atoms with Crippen molar-refractivity contribution in [3.8, 4) is 17.2 Å². The van der Waals surface area contributed by atoms with Gasteiger partial charge >= 0.3 is 6.09 Å². The molecule has 5 aromatic rings. The van der Waals surface area contributed by atoms with Gasteiger partial charge in [0.2, 0.25) is 5.47 Å². The number of aryl methyl sites for hydroxylation is 1. The van der Waals surface area contributed by atoms with E-state index in [1.807, 2.05) is 78.9 Å². The fraction of sp³-hybridized carbons (Fsp3) is 0.262. The highest BCUT2D eigenvalue weighted by atomic mass is 31.2. The molecule has 2 atom stereocenters. The van der Waals surface area contributed by atoms with Gasteiger partial charge in [-0.1, -0.05) is 103 Å². The van der Waals surface area contributed by atoms with Crippen molar-refractivity contribution >= 4 is 13.5 Å². The number of nitrogens with one attached hydrogen (secondary N) is 1. The van der Waals surface area contributed by atoms with Crippen LogP contribution in [0.1, 0.15) is 40.7 Å². The molecule has 0 saturated carbocycles. The molecule has 0 aromatic heterocycles. The number of carbonyl (C=O) groups excluding carboxylic acids is 1. The summed E-state index contributed by atoms with van der Waals surface area (Å²) < 4.78 is 43.5. The van der Waals surface area contributed by atoms with E-state index in [4.69, 9.17) is 23.7 Å². The van der Waals surface area contributed by atoms with Crippen LogP contribution >= 0.6 is 7.37 Å². The molecule has 11 heteroatoms. The molecule has 0 fully saturated rings. The van der Waals surface area contributed by atoms with Crippen molar-refractivity contribution in [1.29, 1.82) is 0 Å². The summed E-state index contributed by atoms with van der Waals surface area (Å²) in [6.07, 6.45) is -1.08. The summed E-state index contributed by atoms with van der Waals surface area (Å²) in [6, 6.07) is 41.1. The Hall–Kier alpha value is -5.12. The van der Waals surface area contributed by atoms with Crippen LogP contribution in [0.3, 0.4) is 0 Å². The Balaban J connectivity index is 1.28. The van der Waals surface area contributed by atoms with E-state index in [0.29, 0.717) is 41.6 Å². The van der Waals surface area contributed by atoms with E-state index in [9.17, 15) is 19.4 Å². The minimum absolute atomic E-state index is 0.0796. The third-order valence-corrected chi connectivity index (χ3v) is 11.0. The normalized spacial score (nSPS) is 13.3. The lowest BCUT2D eigenvalue weighted by Crippen LogP contribution is -2.51. The molecule has 3 N–H and O–H groups in total. The first-order chi connectivity index (χ1) is 25.8. The fourth-order valence-electron chi connectivity index (χ4n) is 5.61. The molecule has 0 aliphatic carbocycles. The van der Waals surface area contributed by atoms with Crippen molar-refractivity contribution in [2.24, 2.45) is 0 Å². The average molecular weight is 740 g/mol. The third kappa shape index (κ3) is 11.7. The van der Waals surface area contributed by atoms with Crippen LogP contribution in [-0.2, 0) is 46.9 Å². The van der Waals surface area contributed by atoms with Gasteiger partial charge < -0.3 is 33.7 Å². The summed E-state index contributed by atoms with van der Waals surface area (Å²) in [7, 11) is -2.85. The molecule has 2 unspecified atom stereocenters. The summed E-state index contributed by atoms with van der Waals surface area (Å²) in [5, 5.41) is 12.4. The maximum absolute atomic E-state index is 14.4. The molecular weight excluding hydrogens is 693 g/mol. The molecule has 5 aromatic carbocycles. The molecule has 0 aliphatic rings. The van der Waals surface area contributed by atoms with Gasteiger partial charge in [0.05, 0.1) is 13.7 Å². The predicted molar refractivity (Wildman–Crippen MR) is 203 cm³/mol. The lowest BCUT2D eigenvalue weighted by molar-refractivity contribution is -0.0351. The Morgan fingerprint density at radius 2 is 1.19 bits per heavy atom. The fourth-order valence-corrected chi connectivity index (χ4v) is 7.55. The van der Waals surface area contributed by atoms with Crippen molar-refractivity contribution in [3.05, 3.63) is 161 Å². The summed E-state index contributed by atoms with van der Waals surface area (Å²) in [5.41, 5.74) is 2.09. The van der Waals surface area contributed by atoms with E-state index in [-0.39, 0.29) is 45.2 Å². The smallest absolute Gasteiger partial charge is 0.410 e. The van der Waals surface area contributed by atoms with Crippen LogP contribution in [0.5, 0.6) is 17.2 Å². The molecule has 0 radical (unpaired) electrons. The van der Waals surface area contributed by atoms with Crippen LogP contribution in [0.15, 0.2) is 133 Å². The van der Waals surface area contributed by atoms with Gasteiger partial charge in [-0.3, -0.25) is 9.88 Å². The van der Waals surface area contributed by atoms with Crippen molar-refractivity contribution in [1.82, 2.24) is 5.32 Å². The zero-order valence-corrected chi connectivity index (χ0v) is 30.7. The zero-order valence-electron chi connectivity index (χ0n) is 29.8. The van der Waals surface area contributed by atoms with E-state index >= 15 is 0 Å². The monoisotopic (exact) mass is 739 g/mol. The molecular formula is C42H46NO9P. The standard InChI is InChI=1S/C42H46NO9P/c1-48-40-16-9-8-15-37(40)25-28-53(46,47)42(26-10-27-44,52-32-36-19-23-39(24-20-36)50-30-34-13-6-3-7-14-34)43-41(45)51-31-35-17-21-38(22-18-35)49-29-33-11-4-2-5-12-33/h2-9,11-24,44H,10,25-32H2,1H3,(H,43,45)(H,46,47). The van der Waals surface area contributed by atoms with Crippen molar-refractivity contribution in [2.45, 2.75) is 51.2 Å². The van der Waals surface area contributed by atoms with Gasteiger partial charge in [0.15, 0.2) is 0 Å². The first kappa shape index (κ1) is 39.1. The molecule has 0 aliphatic heterocycles. The van der Waals surface area contributed by atoms with Crippen molar-refractivity contribution in [3.63, 3.8) is 0 Å². The van der Waals surface area contributed by atoms with E-state index in [2.05, 4.69) is 5.32 Å². The molecule has 53 heavy (non-hydrogen) atoms. The second kappa shape index (κ2) is 19.6. The van der Waals surface area contributed by atoms with Crippen molar-refractivity contribution < 1.29 is 43.0 Å². The molecule has 0 bridgehead atoms. The van der Waals surface area contributed by atoms with E-state index in [1.165, 1.54) is 7.11 Å². The van der Waals surface area contributed by atoms with E-state index in [0.717, 1.165) is 16.7 Å². The molecule has 278 valence electrons. The largest absolute Gasteiger partial charge is 0.496 e. The first-order valence-corrected chi connectivity index (χ1v) is 19.3. The lowest BCUT2D eigenvalue weighted by Gasteiger charge is -2.38. The van der Waals surface area contributed by atoms with Gasteiger partial charge in [0, 0.05) is 19.2 Å². The Morgan fingerprint density at radius 3 is 1.74 bits per heavy atom. The van der Waals surface area contributed by atoms with Gasteiger partial charge in [0.25, 0.3) is 7.37 Å². The van der Waals surface area contributed by atoms with Gasteiger partial charge in [0.1, 0.15) is 37.1 Å². The highest BCUT2D eigenvalue weighted by Crippen LogP contribution is 2.56. The number of para-hydroxylation sites is 1. The average Bonchev–Trinajstić information content (AvgIpc) is 3.20. The zero-order chi connectivity index (χ0) is 37.4. The van der Waals surface area contributed by atoms with Crippen molar-refractivity contribution in [2.75, 3.05) is 19.9 Å². The van der Waals surface area contributed by atoms with E-state index in [1.54, 1.807) is 54.6 Å². The highest BCUT2D eigenvalue weighted by molar-refractivity contribution is 7.59. The van der Waals surface area contributed by atoms with Gasteiger partial charge in [-0.25, -0.2) is 4.79 Å². The number of rotatable bonds is 20. The van der Waals surface area contributed by atoms with Gasteiger partial charge in [-0.15, -0.1) is 0 Å². The van der Waals surface area contributed by atoms with Gasteiger partial charge in [-0.05, 0) is 71.0 Å². The summed E-state index contributed by atoms with van der Waals surface area (Å²) in [5.74, 6) is 1.88. The second-order valence-corrected chi connectivity index (χ2v) is 15.0. The number of amides is 1. The third-order valence-electron chi connectivity index (χ3n) is 8.60. The molecule has 0 heterocycles. The molecule has 0 spiro atoms. The Labute approximate surface area is 310 Å². The number of ether oxygens (including phenoxy) is 5. The second-order valence-electron chi connectivity index (χ2n) is 12.4. The number of benzene rings is 5. The van der Waals surface area contributed by atoms with Crippen LogP contribution in [-0.4, -0.2) is 41.4 Å². The molecule has 1 amide bonds. The summed E-state index contributed by atoms with van der Waals surface area (Å²) in [4.78, 5) is 25.2. The number of hydrogen-bond donors (Lipinski definition) is 3. The molecule has 0 saturated heterocycles. The predicted octanol–water partition coefficient (Wildman–Crippen LogP) is 8.24. The number of carbonyl (C=O) groups is 1. The van der Waals surface area contributed by atoms with Crippen LogP contribution in [0.25, 0.3) is 0 Å². The lowest BCUT2D eigenvalue weighted by atomic mass is 10.1. The summed E-state index contributed by atoms with van der Waals surface area (Å²) >= 11 is 0. The highest BCUT2D eigenvalue weighted by Gasteiger charge is 2.50. The Bertz CT molecular complexity index is 1890. The van der Waals surface area contributed by atoms with Crippen LogP contribution in [0, 0.1) is 0 Å². The van der Waals surface area contributed by atoms with Gasteiger partial charge in [-0.2, -0.15) is 0 Å². The molecule has 10 nitrogen and oxygen atoms in total. The van der Waals surface area contributed by atoms with E-state index < -0.39 is 18.9 Å². The molecule has 5 rings (SSSR count). The quantitative estimate of drug-likeness (QED) is 0.0533. The first-order valence-electron chi connectivity index (χ1n) is 17.4.